The summed E-state index contributed by atoms with van der Waals surface area (Å²) in [5.41, 5.74) is 2.06. The van der Waals surface area contributed by atoms with Crippen LogP contribution in [0.2, 0.25) is 0 Å². The van der Waals surface area contributed by atoms with Gasteiger partial charge in [0.15, 0.2) is 5.82 Å². The number of aliphatic hydroxyl groups is 1. The van der Waals surface area contributed by atoms with E-state index in [-0.39, 0.29) is 5.82 Å². The average Bonchev–Trinajstić information content (AvgIpc) is 2.88. The van der Waals surface area contributed by atoms with Gasteiger partial charge in [-0.1, -0.05) is 0 Å². The zero-order chi connectivity index (χ0) is 14.3. The van der Waals surface area contributed by atoms with E-state index < -0.39 is 6.10 Å². The number of halogens is 1. The second kappa shape index (κ2) is 4.86. The summed E-state index contributed by atoms with van der Waals surface area (Å²) in [6.45, 7) is 5.58. The van der Waals surface area contributed by atoms with Crippen LogP contribution in [0.3, 0.4) is 0 Å². The highest BCUT2D eigenvalue weighted by atomic mass is 19.1. The van der Waals surface area contributed by atoms with Gasteiger partial charge in [0.2, 0.25) is 0 Å². The Morgan fingerprint density at radius 1 is 1.35 bits per heavy atom. The molecule has 6 heteroatoms. The van der Waals surface area contributed by atoms with Crippen molar-refractivity contribution in [1.29, 1.82) is 0 Å². The maximum atomic E-state index is 13.7. The summed E-state index contributed by atoms with van der Waals surface area (Å²) in [5.74, 6) is 0.597. The summed E-state index contributed by atoms with van der Waals surface area (Å²) < 4.78 is 15.7. The number of rotatable bonds is 2. The topological polar surface area (TPSA) is 54.2 Å². The van der Waals surface area contributed by atoms with E-state index in [1.165, 1.54) is 6.07 Å². The predicted octanol–water partition coefficient (Wildman–Crippen LogP) is 1.80. The number of fused-ring (bicyclic) bond motifs is 1. The molecular formula is C14H17FN4O. The van der Waals surface area contributed by atoms with E-state index >= 15 is 0 Å². The lowest BCUT2D eigenvalue weighted by atomic mass is 10.0. The lowest BCUT2D eigenvalue weighted by Crippen LogP contribution is -2.34. The molecule has 1 aromatic heterocycles. The first-order chi connectivity index (χ1) is 9.56. The van der Waals surface area contributed by atoms with Crippen molar-refractivity contribution in [1.82, 2.24) is 14.8 Å². The summed E-state index contributed by atoms with van der Waals surface area (Å²) in [6, 6.07) is 3.22. The number of anilines is 1. The molecule has 20 heavy (non-hydrogen) atoms. The van der Waals surface area contributed by atoms with E-state index in [1.807, 2.05) is 4.57 Å². The minimum atomic E-state index is -0.708. The first-order valence-corrected chi connectivity index (χ1v) is 6.66. The molecule has 0 spiro atoms. The van der Waals surface area contributed by atoms with Gasteiger partial charge in [0.1, 0.15) is 12.1 Å². The Balaban J connectivity index is 2.00. The van der Waals surface area contributed by atoms with Crippen LogP contribution in [0.1, 0.15) is 30.0 Å². The second-order valence-corrected chi connectivity index (χ2v) is 5.20. The smallest absolute Gasteiger partial charge is 0.152 e. The summed E-state index contributed by atoms with van der Waals surface area (Å²) >= 11 is 0. The van der Waals surface area contributed by atoms with Crippen molar-refractivity contribution in [3.8, 4) is 0 Å². The summed E-state index contributed by atoms with van der Waals surface area (Å²) in [6.07, 6.45) is 1.01. The van der Waals surface area contributed by atoms with Crippen molar-refractivity contribution in [2.24, 2.45) is 0 Å². The molecule has 106 valence electrons. The third kappa shape index (κ3) is 2.16. The highest BCUT2D eigenvalue weighted by molar-refractivity contribution is 5.57. The van der Waals surface area contributed by atoms with E-state index in [9.17, 15) is 9.50 Å². The average molecular weight is 276 g/mol. The van der Waals surface area contributed by atoms with Gasteiger partial charge in [-0.05, 0) is 31.5 Å². The lowest BCUT2D eigenvalue weighted by Gasteiger charge is -2.31. The normalized spacial score (nSPS) is 16.1. The second-order valence-electron chi connectivity index (χ2n) is 5.20. The standard InChI is InChI=1S/C14H17FN4O/c1-9-5-13(11(10(2)20)6-12(9)15)18-3-4-19-8-16-17-14(19)7-18/h5-6,8,10,20H,3-4,7H2,1-2H3/t10-/m0/s1. The fraction of sp³-hybridized carbons (Fsp3) is 0.429. The van der Waals surface area contributed by atoms with E-state index in [2.05, 4.69) is 15.1 Å². The predicted molar refractivity (Wildman–Crippen MR) is 72.8 cm³/mol. The highest BCUT2D eigenvalue weighted by Crippen LogP contribution is 2.31. The van der Waals surface area contributed by atoms with E-state index in [1.54, 1.807) is 26.2 Å². The molecule has 0 unspecified atom stereocenters. The molecule has 5 nitrogen and oxygen atoms in total. The van der Waals surface area contributed by atoms with Crippen LogP contribution in [0.15, 0.2) is 18.5 Å². The molecule has 2 aromatic rings. The molecule has 0 saturated heterocycles. The van der Waals surface area contributed by atoms with Crippen LogP contribution in [0.4, 0.5) is 10.1 Å². The molecule has 1 N–H and O–H groups in total. The quantitative estimate of drug-likeness (QED) is 0.908. The van der Waals surface area contributed by atoms with Gasteiger partial charge in [0.25, 0.3) is 0 Å². The summed E-state index contributed by atoms with van der Waals surface area (Å²) in [5, 5.41) is 17.9. The van der Waals surface area contributed by atoms with Crippen LogP contribution in [0, 0.1) is 12.7 Å². The van der Waals surface area contributed by atoms with Gasteiger partial charge >= 0.3 is 0 Å². The SMILES string of the molecule is Cc1cc(N2CCn3cnnc3C2)c([C@H](C)O)cc1F. The zero-order valence-corrected chi connectivity index (χ0v) is 11.5. The molecular weight excluding hydrogens is 259 g/mol. The molecule has 0 fully saturated rings. The number of aromatic nitrogens is 3. The Morgan fingerprint density at radius 3 is 2.90 bits per heavy atom. The first-order valence-electron chi connectivity index (χ1n) is 6.66. The van der Waals surface area contributed by atoms with Gasteiger partial charge in [0, 0.05) is 24.3 Å². The third-order valence-corrected chi connectivity index (χ3v) is 3.74. The zero-order valence-electron chi connectivity index (χ0n) is 11.5. The van der Waals surface area contributed by atoms with E-state index in [0.29, 0.717) is 17.7 Å². The fourth-order valence-electron chi connectivity index (χ4n) is 2.56. The van der Waals surface area contributed by atoms with Crippen LogP contribution in [0.5, 0.6) is 0 Å². The van der Waals surface area contributed by atoms with Crippen LogP contribution in [-0.2, 0) is 13.1 Å². The van der Waals surface area contributed by atoms with Gasteiger partial charge in [-0.25, -0.2) is 4.39 Å². The minimum absolute atomic E-state index is 0.287. The molecule has 2 heterocycles. The van der Waals surface area contributed by atoms with Gasteiger partial charge in [-0.15, -0.1) is 10.2 Å². The van der Waals surface area contributed by atoms with Gasteiger partial charge in [0.05, 0.1) is 12.6 Å². The number of nitrogens with zero attached hydrogens (tertiary/aromatic N) is 4. The van der Waals surface area contributed by atoms with Crippen molar-refractivity contribution in [2.75, 3.05) is 11.4 Å². The van der Waals surface area contributed by atoms with Crippen LogP contribution >= 0.6 is 0 Å². The van der Waals surface area contributed by atoms with Crippen molar-refractivity contribution in [3.63, 3.8) is 0 Å². The molecule has 0 amide bonds. The van der Waals surface area contributed by atoms with Crippen molar-refractivity contribution >= 4 is 5.69 Å². The molecule has 1 aromatic carbocycles. The minimum Gasteiger partial charge on any atom is -0.389 e. The van der Waals surface area contributed by atoms with Crippen molar-refractivity contribution < 1.29 is 9.50 Å². The molecule has 0 bridgehead atoms. The summed E-state index contributed by atoms with van der Waals surface area (Å²) in [7, 11) is 0. The molecule has 0 aliphatic carbocycles. The number of benzene rings is 1. The molecule has 1 aliphatic heterocycles. The van der Waals surface area contributed by atoms with Gasteiger partial charge in [-0.2, -0.15) is 0 Å². The Hall–Kier alpha value is -1.95. The Bertz CT molecular complexity index is 638. The Kier molecular flexibility index (Phi) is 3.17. The maximum absolute atomic E-state index is 13.7. The molecule has 1 atom stereocenters. The highest BCUT2D eigenvalue weighted by Gasteiger charge is 2.22. The first kappa shape index (κ1) is 13.1. The van der Waals surface area contributed by atoms with E-state index in [4.69, 9.17) is 0 Å². The van der Waals surface area contributed by atoms with Gasteiger partial charge < -0.3 is 14.6 Å². The molecule has 0 saturated carbocycles. The molecule has 1 aliphatic rings. The van der Waals surface area contributed by atoms with E-state index in [0.717, 1.165) is 24.6 Å². The monoisotopic (exact) mass is 276 g/mol. The number of hydrogen-bond acceptors (Lipinski definition) is 4. The number of hydrogen-bond donors (Lipinski definition) is 1. The summed E-state index contributed by atoms with van der Waals surface area (Å²) in [4.78, 5) is 2.11. The lowest BCUT2D eigenvalue weighted by molar-refractivity contribution is 0.199. The third-order valence-electron chi connectivity index (χ3n) is 3.74. The van der Waals surface area contributed by atoms with Crippen molar-refractivity contribution in [2.45, 2.75) is 33.0 Å². The number of aliphatic hydroxyl groups excluding tert-OH is 1. The van der Waals surface area contributed by atoms with Crippen molar-refractivity contribution in [3.05, 3.63) is 41.2 Å². The maximum Gasteiger partial charge on any atom is 0.152 e. The Labute approximate surface area is 116 Å². The van der Waals surface area contributed by atoms with Gasteiger partial charge in [-0.3, -0.25) is 0 Å². The Morgan fingerprint density at radius 2 is 2.15 bits per heavy atom. The van der Waals surface area contributed by atoms with Crippen LogP contribution in [-0.4, -0.2) is 26.4 Å². The molecule has 0 radical (unpaired) electrons. The molecule has 3 rings (SSSR count). The number of aryl methyl sites for hydroxylation is 1. The fourth-order valence-corrected chi connectivity index (χ4v) is 2.56. The van der Waals surface area contributed by atoms with Crippen LogP contribution in [0.25, 0.3) is 0 Å². The van der Waals surface area contributed by atoms with Crippen LogP contribution < -0.4 is 4.90 Å². The largest absolute Gasteiger partial charge is 0.389 e.